The number of hydrogen-bond acceptors (Lipinski definition) is 3. The van der Waals surface area contributed by atoms with E-state index in [-0.39, 0.29) is 23.3 Å². The summed E-state index contributed by atoms with van der Waals surface area (Å²) in [6.45, 7) is 9.87. The van der Waals surface area contributed by atoms with Crippen molar-refractivity contribution in [2.24, 2.45) is 5.41 Å². The van der Waals surface area contributed by atoms with Crippen molar-refractivity contribution < 1.29 is 14.7 Å². The molecule has 0 radical (unpaired) electrons. The summed E-state index contributed by atoms with van der Waals surface area (Å²) < 4.78 is 1.33. The Hall–Kier alpha value is -3.67. The van der Waals surface area contributed by atoms with Gasteiger partial charge in [-0.1, -0.05) is 80.9 Å². The summed E-state index contributed by atoms with van der Waals surface area (Å²) in [5.74, 6) is -1.45. The molecule has 0 fully saturated rings. The lowest BCUT2D eigenvalue weighted by Crippen LogP contribution is -2.36. The van der Waals surface area contributed by atoms with Gasteiger partial charge in [-0.15, -0.1) is 0 Å². The molecule has 178 valence electrons. The average molecular weight is 461 g/mol. The molecule has 34 heavy (non-hydrogen) atoms. The quantitative estimate of drug-likeness (QED) is 0.512. The normalized spacial score (nSPS) is 12.3. The van der Waals surface area contributed by atoms with Crippen molar-refractivity contribution in [3.63, 3.8) is 0 Å². The number of nitrogens with zero attached hydrogens (tertiary/aromatic N) is 1. The summed E-state index contributed by atoms with van der Waals surface area (Å²) in [4.78, 5) is 38.8. The minimum Gasteiger partial charge on any atom is -0.480 e. The lowest BCUT2D eigenvalue weighted by molar-refractivity contribution is -0.141. The fraction of sp³-hybridized carbons (Fsp3) is 0.321. The van der Waals surface area contributed by atoms with Crippen LogP contribution in [0, 0.1) is 19.3 Å². The largest absolute Gasteiger partial charge is 0.480 e. The molecule has 2 aromatic carbocycles. The monoisotopic (exact) mass is 460 g/mol. The van der Waals surface area contributed by atoms with Gasteiger partial charge >= 0.3 is 5.97 Å². The molecule has 2 N–H and O–H groups in total. The van der Waals surface area contributed by atoms with Crippen molar-refractivity contribution in [2.75, 3.05) is 0 Å². The first-order chi connectivity index (χ1) is 16.0. The van der Waals surface area contributed by atoms with Crippen molar-refractivity contribution in [2.45, 2.75) is 53.6 Å². The summed E-state index contributed by atoms with van der Waals surface area (Å²) >= 11 is 0. The van der Waals surface area contributed by atoms with E-state index in [1.165, 1.54) is 10.6 Å². The van der Waals surface area contributed by atoms with E-state index in [9.17, 15) is 19.5 Å². The van der Waals surface area contributed by atoms with Crippen molar-refractivity contribution in [3.05, 3.63) is 93.3 Å². The van der Waals surface area contributed by atoms with Crippen molar-refractivity contribution in [1.29, 1.82) is 0 Å². The number of aliphatic carboxylic acids is 1. The van der Waals surface area contributed by atoms with Gasteiger partial charge in [0.05, 0.1) is 5.69 Å². The maximum absolute atomic E-state index is 13.4. The summed E-state index contributed by atoms with van der Waals surface area (Å²) in [6.07, 6.45) is 0.264. The minimum absolute atomic E-state index is 0.243. The SMILES string of the molecule is Cc1ccc(-c2c(C)c(C(=O)NCc3ccccc3)cc(=O)n2C(CC(C)(C)C)C(=O)O)cc1. The molecule has 0 bridgehead atoms. The third-order valence-corrected chi connectivity index (χ3v) is 5.77. The summed E-state index contributed by atoms with van der Waals surface area (Å²) in [5, 5.41) is 12.9. The average Bonchev–Trinajstić information content (AvgIpc) is 2.78. The smallest absolute Gasteiger partial charge is 0.326 e. The number of hydrogen-bond donors (Lipinski definition) is 2. The van der Waals surface area contributed by atoms with Crippen LogP contribution in [-0.4, -0.2) is 21.6 Å². The lowest BCUT2D eigenvalue weighted by Gasteiger charge is -2.28. The van der Waals surface area contributed by atoms with E-state index in [1.807, 2.05) is 82.3 Å². The van der Waals surface area contributed by atoms with Crippen LogP contribution in [0.25, 0.3) is 11.3 Å². The van der Waals surface area contributed by atoms with Gasteiger partial charge in [0.2, 0.25) is 0 Å². The number of carbonyl (C=O) groups excluding carboxylic acids is 1. The number of benzene rings is 2. The topological polar surface area (TPSA) is 88.4 Å². The zero-order valence-electron chi connectivity index (χ0n) is 20.4. The number of nitrogens with one attached hydrogen (secondary N) is 1. The molecule has 3 rings (SSSR count). The van der Waals surface area contributed by atoms with Gasteiger partial charge < -0.3 is 10.4 Å². The maximum Gasteiger partial charge on any atom is 0.326 e. The molecule has 6 heteroatoms. The van der Waals surface area contributed by atoms with Gasteiger partial charge in [0, 0.05) is 18.2 Å². The molecule has 0 saturated heterocycles. The number of carbonyl (C=O) groups is 2. The third kappa shape index (κ3) is 5.81. The predicted molar refractivity (Wildman–Crippen MR) is 134 cm³/mol. The van der Waals surface area contributed by atoms with Crippen LogP contribution in [0.4, 0.5) is 0 Å². The van der Waals surface area contributed by atoms with Gasteiger partial charge in [-0.2, -0.15) is 0 Å². The van der Waals surface area contributed by atoms with Crippen molar-refractivity contribution >= 4 is 11.9 Å². The van der Waals surface area contributed by atoms with Crippen LogP contribution in [0.3, 0.4) is 0 Å². The second-order valence-corrected chi connectivity index (χ2v) is 9.89. The Morgan fingerprint density at radius 2 is 1.62 bits per heavy atom. The first-order valence-corrected chi connectivity index (χ1v) is 11.4. The Balaban J connectivity index is 2.15. The van der Waals surface area contributed by atoms with Crippen LogP contribution in [0.1, 0.15) is 60.3 Å². The van der Waals surface area contributed by atoms with Crippen molar-refractivity contribution in [1.82, 2.24) is 9.88 Å². The van der Waals surface area contributed by atoms with E-state index in [2.05, 4.69) is 5.32 Å². The van der Waals surface area contributed by atoms with Crippen LogP contribution in [0.15, 0.2) is 65.5 Å². The molecule has 1 heterocycles. The number of aromatic nitrogens is 1. The highest BCUT2D eigenvalue weighted by Crippen LogP contribution is 2.33. The molecule has 0 spiro atoms. The van der Waals surface area contributed by atoms with E-state index in [0.717, 1.165) is 11.1 Å². The van der Waals surface area contributed by atoms with Gasteiger partial charge in [0.1, 0.15) is 6.04 Å². The van der Waals surface area contributed by atoms with Gasteiger partial charge in [-0.25, -0.2) is 4.79 Å². The van der Waals surface area contributed by atoms with E-state index < -0.39 is 17.6 Å². The fourth-order valence-electron chi connectivity index (χ4n) is 4.07. The molecule has 6 nitrogen and oxygen atoms in total. The standard InChI is InChI=1S/C28H32N2O4/c1-18-11-13-21(14-12-18)25-19(2)22(26(32)29-17-20-9-7-6-8-10-20)15-24(31)30(25)23(27(33)34)16-28(3,4)5/h6-15,23H,16-17H2,1-5H3,(H,29,32)(H,33,34). The van der Waals surface area contributed by atoms with Gasteiger partial charge in [-0.05, 0) is 42.4 Å². The molecule has 0 aliphatic heterocycles. The van der Waals surface area contributed by atoms with E-state index in [4.69, 9.17) is 0 Å². The molecular formula is C28H32N2O4. The number of rotatable bonds is 7. The second kappa shape index (κ2) is 10.1. The highest BCUT2D eigenvalue weighted by atomic mass is 16.4. The predicted octanol–water partition coefficient (Wildman–Crippen LogP) is 5.12. The first kappa shape index (κ1) is 25.0. The second-order valence-electron chi connectivity index (χ2n) is 9.89. The zero-order valence-corrected chi connectivity index (χ0v) is 20.4. The van der Waals surface area contributed by atoms with E-state index >= 15 is 0 Å². The third-order valence-electron chi connectivity index (χ3n) is 5.77. The van der Waals surface area contributed by atoms with Crippen molar-refractivity contribution in [3.8, 4) is 11.3 Å². The molecule has 0 aliphatic carbocycles. The Labute approximate surface area is 200 Å². The Bertz CT molecular complexity index is 1240. The van der Waals surface area contributed by atoms with Crippen LogP contribution in [0.2, 0.25) is 0 Å². The number of amides is 1. The molecule has 1 amide bonds. The lowest BCUT2D eigenvalue weighted by atomic mass is 9.87. The van der Waals surface area contributed by atoms with Gasteiger partial charge in [-0.3, -0.25) is 14.2 Å². The number of aryl methyl sites for hydroxylation is 1. The number of pyridine rings is 1. The Morgan fingerprint density at radius 3 is 2.18 bits per heavy atom. The van der Waals surface area contributed by atoms with Gasteiger partial charge in [0.15, 0.2) is 0 Å². The van der Waals surface area contributed by atoms with Crippen LogP contribution in [0.5, 0.6) is 0 Å². The minimum atomic E-state index is -1.08. The number of carboxylic acids is 1. The fourth-order valence-corrected chi connectivity index (χ4v) is 4.07. The Kier molecular flexibility index (Phi) is 7.40. The highest BCUT2D eigenvalue weighted by molar-refractivity contribution is 5.97. The molecule has 1 atom stereocenters. The Morgan fingerprint density at radius 1 is 1.00 bits per heavy atom. The molecule has 0 aliphatic rings. The van der Waals surface area contributed by atoms with E-state index in [1.54, 1.807) is 6.92 Å². The summed E-state index contributed by atoms with van der Waals surface area (Å²) in [6, 6.07) is 17.2. The summed E-state index contributed by atoms with van der Waals surface area (Å²) in [7, 11) is 0. The maximum atomic E-state index is 13.4. The van der Waals surface area contributed by atoms with Crippen LogP contribution >= 0.6 is 0 Å². The molecule has 1 unspecified atom stereocenters. The molecule has 0 saturated carbocycles. The molecule has 3 aromatic rings. The van der Waals surface area contributed by atoms with E-state index in [0.29, 0.717) is 23.4 Å². The summed E-state index contributed by atoms with van der Waals surface area (Å²) in [5.41, 5.74) is 3.09. The zero-order chi connectivity index (χ0) is 25.0. The van der Waals surface area contributed by atoms with Crippen LogP contribution in [-0.2, 0) is 11.3 Å². The number of carboxylic acid groups (broad SMARTS) is 1. The highest BCUT2D eigenvalue weighted by Gasteiger charge is 2.31. The van der Waals surface area contributed by atoms with Gasteiger partial charge in [0.25, 0.3) is 11.5 Å². The molecule has 1 aromatic heterocycles. The molecular weight excluding hydrogens is 428 g/mol. The van der Waals surface area contributed by atoms with Crippen LogP contribution < -0.4 is 10.9 Å². The first-order valence-electron chi connectivity index (χ1n) is 11.4.